The highest BCUT2D eigenvalue weighted by Crippen LogP contribution is 2.16. The predicted molar refractivity (Wildman–Crippen MR) is 252 cm³/mol. The van der Waals surface area contributed by atoms with Crippen LogP contribution in [-0.4, -0.2) is 80.6 Å². The minimum atomic E-state index is -0.871. The molecule has 1 N–H and O–H groups in total. The molecule has 0 fully saturated rings. The molecule has 0 amide bonds. The van der Waals surface area contributed by atoms with E-state index in [4.69, 9.17) is 14.2 Å². The molecule has 2 unspecified atom stereocenters. The largest absolute Gasteiger partial charge is 0.477 e. The number of nitrogens with zero attached hydrogens (tertiary/aromatic N) is 1. The molecule has 0 heterocycles. The van der Waals surface area contributed by atoms with Gasteiger partial charge in [0, 0.05) is 19.3 Å². The minimum absolute atomic E-state index is 0.0460. The highest BCUT2D eigenvalue weighted by atomic mass is 16.6. The zero-order valence-electron chi connectivity index (χ0n) is 40.4. The second-order valence-corrected chi connectivity index (χ2v) is 18.8. The SMILES string of the molecule is CCCCCCCCC/C=C\CCCCCCCCCC(=O)OC(COCCC(C(=O)O)[N+](C)(C)C)COC(=O)CCCCCCCCCCCCCCCCCCCC. The summed E-state index contributed by atoms with van der Waals surface area (Å²) in [6, 6.07) is -0.612. The maximum Gasteiger partial charge on any atom is 0.362 e. The van der Waals surface area contributed by atoms with Gasteiger partial charge in [-0.3, -0.25) is 9.59 Å². The zero-order valence-corrected chi connectivity index (χ0v) is 40.4. The van der Waals surface area contributed by atoms with Crippen molar-refractivity contribution in [1.29, 1.82) is 0 Å². The lowest BCUT2D eigenvalue weighted by Gasteiger charge is -2.31. The number of allylic oxidation sites excluding steroid dienone is 2. The number of carbonyl (C=O) groups is 3. The Balaban J connectivity index is 4.22. The van der Waals surface area contributed by atoms with Crippen molar-refractivity contribution >= 4 is 17.9 Å². The number of carboxylic acids is 1. The summed E-state index contributed by atoms with van der Waals surface area (Å²) in [7, 11) is 5.54. The maximum atomic E-state index is 12.8. The Morgan fingerprint density at radius 2 is 0.833 bits per heavy atom. The number of aliphatic carboxylic acids is 1. The molecule has 2 atom stereocenters. The lowest BCUT2D eigenvalue weighted by atomic mass is 10.0. The molecule has 0 radical (unpaired) electrons. The van der Waals surface area contributed by atoms with E-state index in [1.807, 2.05) is 21.1 Å². The molecule has 0 spiro atoms. The van der Waals surface area contributed by atoms with Crippen LogP contribution in [0.4, 0.5) is 0 Å². The standard InChI is InChI=1S/C52H99NO7/c1-6-8-10-12-14-16-18-20-22-24-26-28-30-32-34-36-38-40-42-50(54)59-47-48(46-58-45-44-49(52(56)57)53(3,4)5)60-51(55)43-41-39-37-35-33-31-29-27-25-23-21-19-17-15-13-11-9-7-2/h23,25,48-49H,6-22,24,26-47H2,1-5H3/p+1/b25-23-. The van der Waals surface area contributed by atoms with E-state index >= 15 is 0 Å². The summed E-state index contributed by atoms with van der Waals surface area (Å²) in [4.78, 5) is 37.1. The Bertz CT molecular complexity index is 993. The van der Waals surface area contributed by atoms with Crippen molar-refractivity contribution < 1.29 is 38.2 Å². The normalized spacial score (nSPS) is 12.9. The van der Waals surface area contributed by atoms with Crippen LogP contribution < -0.4 is 0 Å². The summed E-state index contributed by atoms with van der Waals surface area (Å²) >= 11 is 0. The van der Waals surface area contributed by atoms with Crippen LogP contribution in [0.3, 0.4) is 0 Å². The van der Waals surface area contributed by atoms with Gasteiger partial charge in [-0.25, -0.2) is 4.79 Å². The van der Waals surface area contributed by atoms with E-state index in [1.54, 1.807) is 0 Å². The van der Waals surface area contributed by atoms with Gasteiger partial charge in [0.1, 0.15) is 6.61 Å². The number of unbranched alkanes of at least 4 members (excludes halogenated alkanes) is 31. The second-order valence-electron chi connectivity index (χ2n) is 18.8. The summed E-state index contributed by atoms with van der Waals surface area (Å²) in [5.41, 5.74) is 0. The van der Waals surface area contributed by atoms with Crippen LogP contribution in [0.25, 0.3) is 0 Å². The van der Waals surface area contributed by atoms with Crippen molar-refractivity contribution in [2.45, 2.75) is 264 Å². The third kappa shape index (κ3) is 41.4. The molecule has 0 bridgehead atoms. The van der Waals surface area contributed by atoms with Crippen LogP contribution in [0.15, 0.2) is 12.2 Å². The lowest BCUT2D eigenvalue weighted by molar-refractivity contribution is -0.887. The molecule has 0 aliphatic heterocycles. The third-order valence-corrected chi connectivity index (χ3v) is 11.9. The Hall–Kier alpha value is -1.93. The highest BCUT2D eigenvalue weighted by molar-refractivity contribution is 5.72. The van der Waals surface area contributed by atoms with Crippen molar-refractivity contribution in [2.24, 2.45) is 0 Å². The first-order valence-corrected chi connectivity index (χ1v) is 25.7. The van der Waals surface area contributed by atoms with Gasteiger partial charge in [-0.1, -0.05) is 206 Å². The van der Waals surface area contributed by atoms with E-state index in [1.165, 1.54) is 180 Å². The number of hydrogen-bond acceptors (Lipinski definition) is 6. The quantitative estimate of drug-likeness (QED) is 0.0282. The maximum absolute atomic E-state index is 12.8. The predicted octanol–water partition coefficient (Wildman–Crippen LogP) is 14.6. The molecule has 0 aromatic heterocycles. The van der Waals surface area contributed by atoms with Gasteiger partial charge in [0.05, 0.1) is 34.4 Å². The van der Waals surface area contributed by atoms with Gasteiger partial charge in [-0.2, -0.15) is 0 Å². The Morgan fingerprint density at radius 1 is 0.483 bits per heavy atom. The second kappa shape index (κ2) is 43.7. The lowest BCUT2D eigenvalue weighted by Crippen LogP contribution is -2.50. The van der Waals surface area contributed by atoms with Gasteiger partial charge in [-0.05, 0) is 38.5 Å². The smallest absolute Gasteiger partial charge is 0.362 e. The van der Waals surface area contributed by atoms with E-state index < -0.39 is 18.1 Å². The summed E-state index contributed by atoms with van der Waals surface area (Å²) in [5, 5.41) is 9.65. The molecule has 60 heavy (non-hydrogen) atoms. The average molecular weight is 851 g/mol. The Morgan fingerprint density at radius 3 is 1.20 bits per heavy atom. The first-order chi connectivity index (χ1) is 29.1. The number of quaternary nitrogens is 1. The van der Waals surface area contributed by atoms with E-state index in [9.17, 15) is 19.5 Å². The average Bonchev–Trinajstić information content (AvgIpc) is 3.21. The van der Waals surface area contributed by atoms with E-state index in [2.05, 4.69) is 26.0 Å². The number of likely N-dealkylation sites (N-methyl/N-ethyl adjacent to an activating group) is 1. The summed E-state index contributed by atoms with van der Waals surface area (Å²) < 4.78 is 17.4. The molecule has 0 aromatic carbocycles. The van der Waals surface area contributed by atoms with Gasteiger partial charge in [0.2, 0.25) is 0 Å². The fraction of sp³-hybridized carbons (Fsp3) is 0.904. The fourth-order valence-corrected chi connectivity index (χ4v) is 7.91. The molecule has 0 saturated carbocycles. The van der Waals surface area contributed by atoms with Gasteiger partial charge in [-0.15, -0.1) is 0 Å². The van der Waals surface area contributed by atoms with Crippen LogP contribution in [0.5, 0.6) is 0 Å². The Kier molecular flexibility index (Phi) is 42.3. The number of esters is 2. The van der Waals surface area contributed by atoms with Gasteiger partial charge in [0.25, 0.3) is 0 Å². The van der Waals surface area contributed by atoms with Crippen LogP contribution in [0, 0.1) is 0 Å². The van der Waals surface area contributed by atoms with Crippen molar-refractivity contribution in [3.63, 3.8) is 0 Å². The molecular formula is C52H100NO7+. The van der Waals surface area contributed by atoms with Crippen LogP contribution in [0.2, 0.25) is 0 Å². The highest BCUT2D eigenvalue weighted by Gasteiger charge is 2.31. The molecule has 8 nitrogen and oxygen atoms in total. The number of hydrogen-bond donors (Lipinski definition) is 1. The molecule has 0 saturated heterocycles. The number of carbonyl (C=O) groups excluding carboxylic acids is 2. The fourth-order valence-electron chi connectivity index (χ4n) is 7.91. The van der Waals surface area contributed by atoms with Gasteiger partial charge in [0.15, 0.2) is 12.1 Å². The molecule has 354 valence electrons. The molecule has 0 aromatic rings. The van der Waals surface area contributed by atoms with Crippen molar-refractivity contribution in [2.75, 3.05) is 41.0 Å². The Labute approximate surface area is 371 Å². The first-order valence-electron chi connectivity index (χ1n) is 25.7. The number of ether oxygens (including phenoxy) is 3. The summed E-state index contributed by atoms with van der Waals surface area (Å²) in [6.45, 7) is 4.78. The molecule has 0 aliphatic rings. The van der Waals surface area contributed by atoms with E-state index in [0.29, 0.717) is 19.3 Å². The van der Waals surface area contributed by atoms with Crippen LogP contribution in [0.1, 0.15) is 251 Å². The molecule has 0 aliphatic carbocycles. The number of carboxylic acid groups (broad SMARTS) is 1. The zero-order chi connectivity index (χ0) is 44.2. The van der Waals surface area contributed by atoms with Crippen molar-refractivity contribution in [1.82, 2.24) is 0 Å². The molecular weight excluding hydrogens is 751 g/mol. The van der Waals surface area contributed by atoms with Crippen LogP contribution >= 0.6 is 0 Å². The van der Waals surface area contributed by atoms with Gasteiger partial charge < -0.3 is 23.8 Å². The molecule has 0 rings (SSSR count). The van der Waals surface area contributed by atoms with Crippen molar-refractivity contribution in [3.8, 4) is 0 Å². The van der Waals surface area contributed by atoms with E-state index in [-0.39, 0.29) is 36.2 Å². The topological polar surface area (TPSA) is 99.1 Å². The monoisotopic (exact) mass is 851 g/mol. The minimum Gasteiger partial charge on any atom is -0.477 e. The van der Waals surface area contributed by atoms with Gasteiger partial charge >= 0.3 is 17.9 Å². The third-order valence-electron chi connectivity index (χ3n) is 11.9. The summed E-state index contributed by atoms with van der Waals surface area (Å²) in [6.07, 6.45) is 48.3. The van der Waals surface area contributed by atoms with Crippen LogP contribution in [-0.2, 0) is 28.6 Å². The number of rotatable bonds is 47. The van der Waals surface area contributed by atoms with E-state index in [0.717, 1.165) is 38.5 Å². The molecule has 8 heteroatoms. The first kappa shape index (κ1) is 58.1. The summed E-state index contributed by atoms with van der Waals surface area (Å²) in [5.74, 6) is -1.45. The van der Waals surface area contributed by atoms with Crippen molar-refractivity contribution in [3.05, 3.63) is 12.2 Å².